The fourth-order valence-corrected chi connectivity index (χ4v) is 3.90. The molecule has 0 unspecified atom stereocenters. The van der Waals surface area contributed by atoms with Crippen LogP contribution < -0.4 is 5.32 Å². The van der Waals surface area contributed by atoms with Crippen LogP contribution in [0.4, 0.5) is 5.69 Å². The number of carbonyl (C=O) groups excluding carboxylic acids is 1. The Morgan fingerprint density at radius 2 is 1.65 bits per heavy atom. The molecule has 0 saturated heterocycles. The van der Waals surface area contributed by atoms with Gasteiger partial charge in [-0.15, -0.1) is 0 Å². The summed E-state index contributed by atoms with van der Waals surface area (Å²) < 4.78 is 27.0. The van der Waals surface area contributed by atoms with Crippen molar-refractivity contribution in [3.8, 4) is 0 Å². The zero-order valence-electron chi connectivity index (χ0n) is 15.3. The summed E-state index contributed by atoms with van der Waals surface area (Å²) in [5.41, 5.74) is 1.55. The van der Waals surface area contributed by atoms with Gasteiger partial charge in [0.25, 0.3) is 0 Å². The van der Waals surface area contributed by atoms with Crippen LogP contribution in [0.1, 0.15) is 26.3 Å². The van der Waals surface area contributed by atoms with Crippen LogP contribution in [0.15, 0.2) is 57.9 Å². The molecule has 2 aromatic rings. The van der Waals surface area contributed by atoms with Crippen LogP contribution in [0.5, 0.6) is 0 Å². The Morgan fingerprint density at radius 3 is 2.23 bits per heavy atom. The van der Waals surface area contributed by atoms with Crippen LogP contribution in [0, 0.1) is 0 Å². The summed E-state index contributed by atoms with van der Waals surface area (Å²) in [6.07, 6.45) is 0. The molecule has 0 aliphatic heterocycles. The van der Waals surface area contributed by atoms with E-state index in [1.165, 1.54) is 19.2 Å². The number of benzene rings is 2. The molecule has 0 aromatic heterocycles. The maximum atomic E-state index is 12.6. The minimum atomic E-state index is -3.73. The number of sulfonamides is 1. The van der Waals surface area contributed by atoms with Crippen molar-refractivity contribution in [2.24, 2.45) is 0 Å². The van der Waals surface area contributed by atoms with Crippen LogP contribution in [0.3, 0.4) is 0 Å². The van der Waals surface area contributed by atoms with Gasteiger partial charge >= 0.3 is 0 Å². The normalized spacial score (nSPS) is 12.2. The van der Waals surface area contributed by atoms with E-state index in [0.29, 0.717) is 5.69 Å². The number of rotatable bonds is 5. The van der Waals surface area contributed by atoms with Gasteiger partial charge in [-0.25, -0.2) is 8.42 Å². The second-order valence-electron chi connectivity index (χ2n) is 7.06. The quantitative estimate of drug-likeness (QED) is 0.766. The van der Waals surface area contributed by atoms with E-state index in [4.69, 9.17) is 0 Å². The van der Waals surface area contributed by atoms with E-state index in [-0.39, 0.29) is 22.8 Å². The molecule has 5 nitrogen and oxygen atoms in total. The SMILES string of the molecule is CN(CC(=O)Nc1ccccc1C(C)(C)C)S(=O)(=O)c1ccc(Br)cc1. The topological polar surface area (TPSA) is 66.5 Å². The highest BCUT2D eigenvalue weighted by Gasteiger charge is 2.24. The molecule has 2 rings (SSSR count). The van der Waals surface area contributed by atoms with Crippen molar-refractivity contribution in [2.75, 3.05) is 18.9 Å². The summed E-state index contributed by atoms with van der Waals surface area (Å²) in [5, 5.41) is 2.83. The fraction of sp³-hybridized carbons (Fsp3) is 0.316. The first kappa shape index (κ1) is 20.6. The predicted octanol–water partition coefficient (Wildman–Crippen LogP) is 4.01. The van der Waals surface area contributed by atoms with Gasteiger partial charge in [0, 0.05) is 17.2 Å². The van der Waals surface area contributed by atoms with E-state index in [1.54, 1.807) is 12.1 Å². The standard InChI is InChI=1S/C19H23BrN2O3S/c1-19(2,3)16-7-5-6-8-17(16)21-18(23)13-22(4)26(24,25)15-11-9-14(20)10-12-15/h5-12H,13H2,1-4H3,(H,21,23). The number of para-hydroxylation sites is 1. The Bertz CT molecular complexity index is 888. The first-order valence-corrected chi connectivity index (χ1v) is 10.4. The van der Waals surface area contributed by atoms with Gasteiger partial charge < -0.3 is 5.32 Å². The lowest BCUT2D eigenvalue weighted by atomic mass is 9.86. The van der Waals surface area contributed by atoms with Crippen molar-refractivity contribution in [3.63, 3.8) is 0 Å². The van der Waals surface area contributed by atoms with Gasteiger partial charge in [0.1, 0.15) is 0 Å². The second kappa shape index (κ2) is 7.90. The van der Waals surface area contributed by atoms with E-state index >= 15 is 0 Å². The zero-order valence-corrected chi connectivity index (χ0v) is 17.7. The number of carbonyl (C=O) groups is 1. The Labute approximate surface area is 163 Å². The molecule has 0 spiro atoms. The number of anilines is 1. The van der Waals surface area contributed by atoms with Crippen LogP contribution >= 0.6 is 15.9 Å². The molecule has 140 valence electrons. The highest BCUT2D eigenvalue weighted by Crippen LogP contribution is 2.29. The summed E-state index contributed by atoms with van der Waals surface area (Å²) in [7, 11) is -2.33. The summed E-state index contributed by atoms with van der Waals surface area (Å²) in [6, 6.07) is 13.8. The number of hydrogen-bond donors (Lipinski definition) is 1. The Balaban J connectivity index is 2.14. The molecule has 0 aliphatic carbocycles. The molecule has 0 saturated carbocycles. The van der Waals surface area contributed by atoms with Crippen molar-refractivity contribution < 1.29 is 13.2 Å². The Kier molecular flexibility index (Phi) is 6.26. The summed E-state index contributed by atoms with van der Waals surface area (Å²) in [5.74, 6) is -0.384. The molecule has 2 aromatic carbocycles. The lowest BCUT2D eigenvalue weighted by Crippen LogP contribution is -2.35. The molecule has 26 heavy (non-hydrogen) atoms. The summed E-state index contributed by atoms with van der Waals surface area (Å²) >= 11 is 3.28. The minimum absolute atomic E-state index is 0.140. The smallest absolute Gasteiger partial charge is 0.243 e. The van der Waals surface area contributed by atoms with Crippen molar-refractivity contribution >= 4 is 37.5 Å². The average Bonchev–Trinajstić information content (AvgIpc) is 2.54. The number of amides is 1. The van der Waals surface area contributed by atoms with Crippen molar-refractivity contribution in [1.82, 2.24) is 4.31 Å². The molecule has 0 aliphatic rings. The third kappa shape index (κ3) is 4.93. The van der Waals surface area contributed by atoms with Crippen LogP contribution in [0.25, 0.3) is 0 Å². The van der Waals surface area contributed by atoms with E-state index in [1.807, 2.05) is 24.3 Å². The molecular weight excluding hydrogens is 416 g/mol. The van der Waals surface area contributed by atoms with Crippen molar-refractivity contribution in [3.05, 3.63) is 58.6 Å². The maximum Gasteiger partial charge on any atom is 0.243 e. The number of nitrogens with zero attached hydrogens (tertiary/aromatic N) is 1. The van der Waals surface area contributed by atoms with Crippen molar-refractivity contribution in [1.29, 1.82) is 0 Å². The van der Waals surface area contributed by atoms with Gasteiger partial charge in [-0.05, 0) is 41.3 Å². The Morgan fingerprint density at radius 1 is 1.08 bits per heavy atom. The highest BCUT2D eigenvalue weighted by atomic mass is 79.9. The van der Waals surface area contributed by atoms with Gasteiger partial charge in [0.15, 0.2) is 0 Å². The van der Waals surface area contributed by atoms with E-state index in [0.717, 1.165) is 14.3 Å². The first-order chi connectivity index (χ1) is 12.0. The van der Waals surface area contributed by atoms with Crippen LogP contribution in [0.2, 0.25) is 0 Å². The van der Waals surface area contributed by atoms with Gasteiger partial charge in [-0.3, -0.25) is 4.79 Å². The third-order valence-corrected chi connectivity index (χ3v) is 6.24. The molecule has 7 heteroatoms. The van der Waals surface area contributed by atoms with E-state index in [9.17, 15) is 13.2 Å². The molecule has 0 atom stereocenters. The number of hydrogen-bond acceptors (Lipinski definition) is 3. The van der Waals surface area contributed by atoms with Gasteiger partial charge in [-0.1, -0.05) is 54.9 Å². The van der Waals surface area contributed by atoms with E-state index in [2.05, 4.69) is 42.0 Å². The summed E-state index contributed by atoms with van der Waals surface area (Å²) in [6.45, 7) is 5.91. The first-order valence-electron chi connectivity index (χ1n) is 8.13. The molecule has 0 fully saturated rings. The second-order valence-corrected chi connectivity index (χ2v) is 10.0. The lowest BCUT2D eigenvalue weighted by molar-refractivity contribution is -0.116. The number of halogens is 1. The number of likely N-dealkylation sites (N-methyl/N-ethyl adjacent to an activating group) is 1. The van der Waals surface area contributed by atoms with Gasteiger partial charge in [-0.2, -0.15) is 4.31 Å². The fourth-order valence-electron chi connectivity index (χ4n) is 2.51. The van der Waals surface area contributed by atoms with E-state index < -0.39 is 10.0 Å². The largest absolute Gasteiger partial charge is 0.325 e. The zero-order chi connectivity index (χ0) is 19.5. The third-order valence-electron chi connectivity index (χ3n) is 3.90. The van der Waals surface area contributed by atoms with Gasteiger partial charge in [0.2, 0.25) is 15.9 Å². The monoisotopic (exact) mass is 438 g/mol. The molecule has 0 heterocycles. The highest BCUT2D eigenvalue weighted by molar-refractivity contribution is 9.10. The van der Waals surface area contributed by atoms with Crippen LogP contribution in [-0.4, -0.2) is 32.2 Å². The predicted molar refractivity (Wildman–Crippen MR) is 108 cm³/mol. The minimum Gasteiger partial charge on any atom is -0.325 e. The van der Waals surface area contributed by atoms with Crippen LogP contribution in [-0.2, 0) is 20.2 Å². The average molecular weight is 439 g/mol. The molecule has 0 bridgehead atoms. The lowest BCUT2D eigenvalue weighted by Gasteiger charge is -2.23. The maximum absolute atomic E-state index is 12.6. The molecule has 0 radical (unpaired) electrons. The molecular formula is C19H23BrN2O3S. The Hall–Kier alpha value is -1.70. The molecule has 1 N–H and O–H groups in total. The van der Waals surface area contributed by atoms with Gasteiger partial charge in [0.05, 0.1) is 11.4 Å². The molecule has 1 amide bonds. The summed E-state index contributed by atoms with van der Waals surface area (Å²) in [4.78, 5) is 12.6. The number of nitrogens with one attached hydrogen (secondary N) is 1. The van der Waals surface area contributed by atoms with Crippen molar-refractivity contribution in [2.45, 2.75) is 31.1 Å².